The minimum Gasteiger partial charge on any atom is -0.296 e. The van der Waals surface area contributed by atoms with Gasteiger partial charge in [0.2, 0.25) is 0 Å². The van der Waals surface area contributed by atoms with E-state index in [9.17, 15) is 0 Å². The molecule has 1 rings (SSSR count). The fourth-order valence-corrected chi connectivity index (χ4v) is 2.81. The van der Waals surface area contributed by atoms with Gasteiger partial charge in [-0.25, -0.2) is 10.0 Å². The molecule has 0 N–H and O–H groups in total. The van der Waals surface area contributed by atoms with Crippen LogP contribution in [0.5, 0.6) is 0 Å². The maximum atomic E-state index is 2.61. The Morgan fingerprint density at radius 3 is 2.00 bits per heavy atom. The summed E-state index contributed by atoms with van der Waals surface area (Å²) >= 11 is 0. The molecule has 0 bridgehead atoms. The molecule has 1 aliphatic heterocycles. The van der Waals surface area contributed by atoms with Gasteiger partial charge in [-0.1, -0.05) is 0 Å². The first-order valence-electron chi connectivity index (χ1n) is 3.96. The van der Waals surface area contributed by atoms with Gasteiger partial charge in [-0.3, -0.25) is 4.90 Å². The third kappa shape index (κ3) is 2.93. The first-order valence-corrected chi connectivity index (χ1v) is 6.99. The molecule has 0 saturated carbocycles. The van der Waals surface area contributed by atoms with Crippen LogP contribution in [0.2, 0.25) is 0 Å². The molecule has 1 heterocycles. The minimum absolute atomic E-state index is 0.282. The standard InChI is InChI=1S/C8H19NS/c1-10(2,3)8-9-6-4-5-7-9/h4-8H2,1-3H3. The molecule has 0 aromatic rings. The SMILES string of the molecule is CS(C)(C)CN1CCCC1. The highest BCUT2D eigenvalue weighted by Crippen LogP contribution is 2.36. The lowest BCUT2D eigenvalue weighted by atomic mass is 10.4. The third-order valence-electron chi connectivity index (χ3n) is 1.77. The Kier molecular flexibility index (Phi) is 2.64. The van der Waals surface area contributed by atoms with E-state index in [4.69, 9.17) is 0 Å². The highest BCUT2D eigenvalue weighted by molar-refractivity contribution is 8.32. The molecule has 10 heavy (non-hydrogen) atoms. The molecule has 0 amide bonds. The van der Waals surface area contributed by atoms with E-state index in [1.807, 2.05) is 0 Å². The van der Waals surface area contributed by atoms with Crippen LogP contribution in [0.25, 0.3) is 0 Å². The van der Waals surface area contributed by atoms with Crippen molar-refractivity contribution in [3.05, 3.63) is 0 Å². The lowest BCUT2D eigenvalue weighted by Gasteiger charge is -2.30. The van der Waals surface area contributed by atoms with Crippen LogP contribution in [0.15, 0.2) is 0 Å². The number of hydrogen-bond acceptors (Lipinski definition) is 1. The van der Waals surface area contributed by atoms with Crippen LogP contribution in [-0.2, 0) is 0 Å². The van der Waals surface area contributed by atoms with Crippen molar-refractivity contribution in [2.24, 2.45) is 0 Å². The van der Waals surface area contributed by atoms with E-state index in [0.29, 0.717) is 0 Å². The first-order chi connectivity index (χ1) is 4.58. The summed E-state index contributed by atoms with van der Waals surface area (Å²) in [6, 6.07) is 0. The molecule has 0 radical (unpaired) electrons. The van der Waals surface area contributed by atoms with Crippen molar-refractivity contribution in [3.63, 3.8) is 0 Å². The monoisotopic (exact) mass is 161 g/mol. The minimum atomic E-state index is -0.282. The zero-order valence-corrected chi connectivity index (χ0v) is 8.21. The second kappa shape index (κ2) is 3.14. The zero-order chi connectivity index (χ0) is 7.61. The van der Waals surface area contributed by atoms with E-state index in [-0.39, 0.29) is 10.0 Å². The van der Waals surface area contributed by atoms with Crippen molar-refractivity contribution in [1.82, 2.24) is 4.90 Å². The van der Waals surface area contributed by atoms with Gasteiger partial charge in [-0.15, -0.1) is 0 Å². The topological polar surface area (TPSA) is 3.24 Å². The Labute approximate surface area is 66.1 Å². The Morgan fingerprint density at radius 1 is 1.10 bits per heavy atom. The molecule has 1 saturated heterocycles. The Morgan fingerprint density at radius 2 is 1.60 bits per heavy atom. The molecule has 1 fully saturated rings. The summed E-state index contributed by atoms with van der Waals surface area (Å²) in [7, 11) is -0.282. The van der Waals surface area contributed by atoms with Crippen LogP contribution in [0.4, 0.5) is 0 Å². The summed E-state index contributed by atoms with van der Waals surface area (Å²) < 4.78 is 0. The summed E-state index contributed by atoms with van der Waals surface area (Å²) in [6.45, 7) is 2.70. The van der Waals surface area contributed by atoms with Gasteiger partial charge in [-0.2, -0.15) is 0 Å². The largest absolute Gasteiger partial charge is 0.296 e. The average molecular weight is 161 g/mol. The maximum Gasteiger partial charge on any atom is 0.0283 e. The summed E-state index contributed by atoms with van der Waals surface area (Å²) in [5.74, 6) is 1.35. The predicted molar refractivity (Wildman–Crippen MR) is 51.0 cm³/mol. The lowest BCUT2D eigenvalue weighted by Crippen LogP contribution is -2.23. The molecule has 0 aromatic heterocycles. The smallest absolute Gasteiger partial charge is 0.0283 e. The summed E-state index contributed by atoms with van der Waals surface area (Å²) in [5.41, 5.74) is 0. The number of hydrogen-bond donors (Lipinski definition) is 0. The molecule has 2 heteroatoms. The number of rotatable bonds is 2. The van der Waals surface area contributed by atoms with Crippen LogP contribution in [0.3, 0.4) is 0 Å². The summed E-state index contributed by atoms with van der Waals surface area (Å²) in [5, 5.41) is 0. The fourth-order valence-electron chi connectivity index (χ4n) is 1.46. The molecule has 0 atom stereocenters. The highest BCUT2D eigenvalue weighted by atomic mass is 32.3. The van der Waals surface area contributed by atoms with E-state index in [2.05, 4.69) is 23.7 Å². The maximum absolute atomic E-state index is 2.61. The molecule has 0 unspecified atom stereocenters. The fraction of sp³-hybridized carbons (Fsp3) is 1.00. The Bertz CT molecular complexity index is 100. The van der Waals surface area contributed by atoms with Gasteiger partial charge in [0, 0.05) is 5.88 Å². The average Bonchev–Trinajstić information content (AvgIpc) is 2.12. The second-order valence-corrected chi connectivity index (χ2v) is 8.48. The van der Waals surface area contributed by atoms with Gasteiger partial charge in [0.1, 0.15) is 0 Å². The molecule has 62 valence electrons. The zero-order valence-electron chi connectivity index (χ0n) is 7.39. The van der Waals surface area contributed by atoms with Crippen molar-refractivity contribution in [3.8, 4) is 0 Å². The molecule has 0 aromatic carbocycles. The molecular formula is C8H19NS. The van der Waals surface area contributed by atoms with Gasteiger partial charge in [0.15, 0.2) is 0 Å². The summed E-state index contributed by atoms with van der Waals surface area (Å²) in [4.78, 5) is 2.61. The van der Waals surface area contributed by atoms with E-state index in [1.54, 1.807) is 0 Å². The number of likely N-dealkylation sites (tertiary alicyclic amines) is 1. The van der Waals surface area contributed by atoms with Gasteiger partial charge in [-0.05, 0) is 44.7 Å². The molecular weight excluding hydrogens is 142 g/mol. The highest BCUT2D eigenvalue weighted by Gasteiger charge is 2.15. The molecule has 0 aliphatic carbocycles. The van der Waals surface area contributed by atoms with Crippen LogP contribution in [0.1, 0.15) is 12.8 Å². The molecule has 1 aliphatic rings. The van der Waals surface area contributed by atoms with Crippen molar-refractivity contribution < 1.29 is 0 Å². The third-order valence-corrected chi connectivity index (χ3v) is 2.91. The van der Waals surface area contributed by atoms with E-state index < -0.39 is 0 Å². The molecule has 1 nitrogen and oxygen atoms in total. The number of nitrogens with zero attached hydrogens (tertiary/aromatic N) is 1. The van der Waals surface area contributed by atoms with Crippen LogP contribution < -0.4 is 0 Å². The van der Waals surface area contributed by atoms with Gasteiger partial charge in [0.25, 0.3) is 0 Å². The van der Waals surface area contributed by atoms with E-state index >= 15 is 0 Å². The van der Waals surface area contributed by atoms with Crippen molar-refractivity contribution in [2.45, 2.75) is 12.8 Å². The second-order valence-electron chi connectivity index (χ2n) is 4.05. The van der Waals surface area contributed by atoms with Crippen LogP contribution in [-0.4, -0.2) is 42.6 Å². The van der Waals surface area contributed by atoms with Crippen LogP contribution >= 0.6 is 10.0 Å². The Hall–Kier alpha value is 0.310. The van der Waals surface area contributed by atoms with Crippen molar-refractivity contribution in [2.75, 3.05) is 37.7 Å². The van der Waals surface area contributed by atoms with Gasteiger partial charge < -0.3 is 0 Å². The predicted octanol–water partition coefficient (Wildman–Crippen LogP) is 1.73. The quantitative estimate of drug-likeness (QED) is 0.596. The first kappa shape index (κ1) is 8.41. The van der Waals surface area contributed by atoms with Crippen molar-refractivity contribution >= 4 is 10.0 Å². The van der Waals surface area contributed by atoms with Crippen LogP contribution in [0, 0.1) is 0 Å². The summed E-state index contributed by atoms with van der Waals surface area (Å²) in [6.07, 6.45) is 10.0. The normalized spacial score (nSPS) is 23.5. The van der Waals surface area contributed by atoms with Gasteiger partial charge in [0.05, 0.1) is 0 Å². The van der Waals surface area contributed by atoms with E-state index in [0.717, 1.165) is 0 Å². The van der Waals surface area contributed by atoms with Gasteiger partial charge >= 0.3 is 0 Å². The lowest BCUT2D eigenvalue weighted by molar-refractivity contribution is 0.399. The Balaban J connectivity index is 2.24. The van der Waals surface area contributed by atoms with E-state index in [1.165, 1.54) is 31.8 Å². The molecule has 0 spiro atoms. The van der Waals surface area contributed by atoms with Crippen molar-refractivity contribution in [1.29, 1.82) is 0 Å².